The minimum Gasteiger partial charge on any atom is -0.462 e. The molecule has 1 aromatic carbocycles. The molecule has 0 N–H and O–H groups in total. The van der Waals surface area contributed by atoms with E-state index in [1.165, 1.54) is 23.5 Å². The molecule has 1 saturated carbocycles. The average molecular weight is 342 g/mol. The minimum absolute atomic E-state index is 0.115. The molecule has 0 unspecified atom stereocenters. The Morgan fingerprint density at radius 2 is 2.21 bits per heavy atom. The van der Waals surface area contributed by atoms with Crippen LogP contribution in [-0.4, -0.2) is 21.8 Å². The van der Waals surface area contributed by atoms with E-state index >= 15 is 0 Å². The van der Waals surface area contributed by atoms with Gasteiger partial charge in [0.2, 0.25) is 0 Å². The van der Waals surface area contributed by atoms with Gasteiger partial charge in [0.05, 0.1) is 6.26 Å². The number of hydrogen-bond donors (Lipinski definition) is 0. The smallest absolute Gasteiger partial charge is 0.273 e. The Morgan fingerprint density at radius 3 is 2.92 bits per heavy atom. The highest BCUT2D eigenvalue weighted by Crippen LogP contribution is 2.31. The molecule has 1 amide bonds. The van der Waals surface area contributed by atoms with E-state index in [0.29, 0.717) is 23.0 Å². The monoisotopic (exact) mass is 342 g/mol. The van der Waals surface area contributed by atoms with Crippen LogP contribution < -0.4 is 0 Å². The summed E-state index contributed by atoms with van der Waals surface area (Å²) in [5, 5.41) is 2.44. The number of aromatic nitrogens is 1. The lowest BCUT2D eigenvalue weighted by Crippen LogP contribution is -2.32. The summed E-state index contributed by atoms with van der Waals surface area (Å²) in [5.74, 6) is 0.252. The van der Waals surface area contributed by atoms with Gasteiger partial charge in [-0.2, -0.15) is 0 Å². The summed E-state index contributed by atoms with van der Waals surface area (Å²) in [5.41, 5.74) is 1.20. The van der Waals surface area contributed by atoms with Gasteiger partial charge in [-0.25, -0.2) is 9.37 Å². The summed E-state index contributed by atoms with van der Waals surface area (Å²) in [6.45, 7) is 0.398. The van der Waals surface area contributed by atoms with E-state index < -0.39 is 0 Å². The van der Waals surface area contributed by atoms with E-state index in [0.717, 1.165) is 18.4 Å². The molecule has 1 aliphatic rings. The number of carbonyl (C=O) groups excluding carboxylic acids is 1. The average Bonchev–Trinajstić information content (AvgIpc) is 3.08. The van der Waals surface area contributed by atoms with Crippen LogP contribution in [0.25, 0.3) is 10.8 Å². The van der Waals surface area contributed by atoms with Gasteiger partial charge in [-0.05, 0) is 42.7 Å². The third-order valence-electron chi connectivity index (χ3n) is 3.95. The Balaban J connectivity index is 1.56. The lowest BCUT2D eigenvalue weighted by atomic mass is 10.2. The maximum atomic E-state index is 13.4. The summed E-state index contributed by atoms with van der Waals surface area (Å²) < 4.78 is 18.7. The van der Waals surface area contributed by atoms with Crippen LogP contribution in [0.15, 0.2) is 52.5 Å². The number of benzene rings is 1. The second-order valence-electron chi connectivity index (χ2n) is 5.81. The Labute approximate surface area is 142 Å². The van der Waals surface area contributed by atoms with Crippen molar-refractivity contribution in [1.82, 2.24) is 9.88 Å². The highest BCUT2D eigenvalue weighted by Gasteiger charge is 2.34. The lowest BCUT2D eigenvalue weighted by Gasteiger charge is -2.21. The Kier molecular flexibility index (Phi) is 3.90. The molecule has 0 radical (unpaired) electrons. The molecule has 2 aromatic heterocycles. The van der Waals surface area contributed by atoms with Crippen LogP contribution in [0.5, 0.6) is 0 Å². The van der Waals surface area contributed by atoms with Crippen molar-refractivity contribution in [2.75, 3.05) is 0 Å². The van der Waals surface area contributed by atoms with E-state index in [9.17, 15) is 9.18 Å². The summed E-state index contributed by atoms with van der Waals surface area (Å²) in [7, 11) is 0. The van der Waals surface area contributed by atoms with Crippen LogP contribution in [0.1, 0.15) is 28.9 Å². The first-order chi connectivity index (χ1) is 11.7. The first kappa shape index (κ1) is 15.1. The van der Waals surface area contributed by atoms with Gasteiger partial charge in [0.1, 0.15) is 11.5 Å². The molecule has 2 heterocycles. The summed E-state index contributed by atoms with van der Waals surface area (Å²) in [6, 6.07) is 10.2. The first-order valence-corrected chi connectivity index (χ1v) is 8.63. The highest BCUT2D eigenvalue weighted by atomic mass is 32.1. The second kappa shape index (κ2) is 6.20. The molecule has 122 valence electrons. The number of thiazole rings is 1. The van der Waals surface area contributed by atoms with Crippen LogP contribution in [0, 0.1) is 5.82 Å². The molecule has 1 aliphatic carbocycles. The number of hydrogen-bond acceptors (Lipinski definition) is 4. The van der Waals surface area contributed by atoms with Gasteiger partial charge < -0.3 is 9.32 Å². The van der Waals surface area contributed by atoms with Gasteiger partial charge >= 0.3 is 0 Å². The molecule has 24 heavy (non-hydrogen) atoms. The van der Waals surface area contributed by atoms with Gasteiger partial charge in [0.15, 0.2) is 10.8 Å². The lowest BCUT2D eigenvalue weighted by molar-refractivity contribution is 0.0724. The number of nitrogens with zero attached hydrogens (tertiary/aromatic N) is 2. The maximum absolute atomic E-state index is 13.4. The summed E-state index contributed by atoms with van der Waals surface area (Å²) >= 11 is 1.38. The Morgan fingerprint density at radius 1 is 1.33 bits per heavy atom. The number of amides is 1. The zero-order valence-electron chi connectivity index (χ0n) is 12.8. The molecule has 0 aliphatic heterocycles. The fourth-order valence-electron chi connectivity index (χ4n) is 2.62. The second-order valence-corrected chi connectivity index (χ2v) is 6.67. The third-order valence-corrected chi connectivity index (χ3v) is 4.80. The van der Waals surface area contributed by atoms with Crippen molar-refractivity contribution in [3.8, 4) is 10.8 Å². The van der Waals surface area contributed by atoms with E-state index in [1.54, 1.807) is 28.7 Å². The molecule has 3 aromatic rings. The number of rotatable bonds is 5. The van der Waals surface area contributed by atoms with Crippen molar-refractivity contribution in [3.63, 3.8) is 0 Å². The highest BCUT2D eigenvalue weighted by molar-refractivity contribution is 7.13. The number of furan rings is 1. The quantitative estimate of drug-likeness (QED) is 0.693. The molecule has 1 fully saturated rings. The molecule has 0 saturated heterocycles. The van der Waals surface area contributed by atoms with E-state index in [1.807, 2.05) is 12.1 Å². The zero-order chi connectivity index (χ0) is 16.5. The molecule has 6 heteroatoms. The number of carbonyl (C=O) groups is 1. The predicted molar refractivity (Wildman–Crippen MR) is 89.1 cm³/mol. The van der Waals surface area contributed by atoms with Crippen molar-refractivity contribution in [3.05, 3.63) is 65.1 Å². The predicted octanol–water partition coefficient (Wildman–Crippen LogP) is 4.35. The van der Waals surface area contributed by atoms with Crippen molar-refractivity contribution < 1.29 is 13.6 Å². The largest absolute Gasteiger partial charge is 0.462 e. The Bertz CT molecular complexity index is 856. The van der Waals surface area contributed by atoms with Crippen molar-refractivity contribution in [2.24, 2.45) is 0 Å². The van der Waals surface area contributed by atoms with Crippen molar-refractivity contribution in [2.45, 2.75) is 25.4 Å². The van der Waals surface area contributed by atoms with Gasteiger partial charge in [-0.15, -0.1) is 11.3 Å². The Hall–Kier alpha value is -2.47. The molecular formula is C18H15FN2O2S. The molecule has 4 rings (SSSR count). The minimum atomic E-state index is -0.288. The van der Waals surface area contributed by atoms with Gasteiger partial charge in [-0.3, -0.25) is 4.79 Å². The van der Waals surface area contributed by atoms with Crippen LogP contribution >= 0.6 is 11.3 Å². The first-order valence-electron chi connectivity index (χ1n) is 7.75. The zero-order valence-corrected chi connectivity index (χ0v) is 13.6. The molecule has 0 spiro atoms. The molecule has 4 nitrogen and oxygen atoms in total. The normalized spacial score (nSPS) is 13.9. The van der Waals surface area contributed by atoms with Gasteiger partial charge in [-0.1, -0.05) is 12.1 Å². The number of halogens is 1. The fourth-order valence-corrected chi connectivity index (χ4v) is 3.38. The molecule has 0 atom stereocenters. The standard InChI is InChI=1S/C18H15FN2O2S/c19-13-4-1-3-12(9-13)10-21(14-6-7-14)18(22)15-11-24-17(20-15)16-5-2-8-23-16/h1-5,8-9,11,14H,6-7,10H2. The fraction of sp³-hybridized carbons (Fsp3) is 0.222. The summed E-state index contributed by atoms with van der Waals surface area (Å²) in [4.78, 5) is 19.0. The van der Waals surface area contributed by atoms with E-state index in [2.05, 4.69) is 4.98 Å². The van der Waals surface area contributed by atoms with Crippen LogP contribution in [0.4, 0.5) is 4.39 Å². The summed E-state index contributed by atoms with van der Waals surface area (Å²) in [6.07, 6.45) is 3.55. The van der Waals surface area contributed by atoms with Gasteiger partial charge in [0.25, 0.3) is 5.91 Å². The van der Waals surface area contributed by atoms with Crippen LogP contribution in [0.3, 0.4) is 0 Å². The van der Waals surface area contributed by atoms with Crippen molar-refractivity contribution >= 4 is 17.2 Å². The van der Waals surface area contributed by atoms with E-state index in [-0.39, 0.29) is 17.8 Å². The van der Waals surface area contributed by atoms with Gasteiger partial charge in [0, 0.05) is 18.0 Å². The molecular weight excluding hydrogens is 327 g/mol. The van der Waals surface area contributed by atoms with Crippen LogP contribution in [-0.2, 0) is 6.54 Å². The van der Waals surface area contributed by atoms with Crippen LogP contribution in [0.2, 0.25) is 0 Å². The SMILES string of the molecule is O=C(c1csc(-c2ccco2)n1)N(Cc1cccc(F)c1)C1CC1. The van der Waals surface area contributed by atoms with E-state index in [4.69, 9.17) is 4.42 Å². The van der Waals surface area contributed by atoms with Crippen molar-refractivity contribution in [1.29, 1.82) is 0 Å². The molecule has 0 bridgehead atoms. The maximum Gasteiger partial charge on any atom is 0.273 e. The third kappa shape index (κ3) is 3.10. The topological polar surface area (TPSA) is 46.3 Å².